The summed E-state index contributed by atoms with van der Waals surface area (Å²) >= 11 is 1.60. The first-order valence-electron chi connectivity index (χ1n) is 11.3. The fourth-order valence-corrected chi connectivity index (χ4v) is 4.54. The van der Waals surface area contributed by atoms with Gasteiger partial charge in [0.25, 0.3) is 0 Å². The Bertz CT molecular complexity index is 1240. The molecule has 0 aliphatic heterocycles. The van der Waals surface area contributed by atoms with Gasteiger partial charge in [-0.2, -0.15) is 9.78 Å². The molecule has 0 bridgehead atoms. The summed E-state index contributed by atoms with van der Waals surface area (Å²) in [6, 6.07) is 7.82. The number of aryl methyl sites for hydroxylation is 2. The Morgan fingerprint density at radius 1 is 1.15 bits per heavy atom. The zero-order valence-electron chi connectivity index (χ0n) is 19.6. The number of carbonyl (C=O) groups is 1. The Hall–Kier alpha value is -3.37. The summed E-state index contributed by atoms with van der Waals surface area (Å²) < 4.78 is 12.7. The van der Waals surface area contributed by atoms with Crippen molar-refractivity contribution in [3.8, 4) is 5.75 Å². The molecule has 0 spiro atoms. The van der Waals surface area contributed by atoms with E-state index in [0.29, 0.717) is 19.0 Å². The number of thiophene rings is 1. The zero-order chi connectivity index (χ0) is 23.9. The molecule has 0 saturated heterocycles. The SMILES string of the molecule is CCOCCc1ccc(OCCN(C(=O)n2cncn2)c2ncnc3sc(CC)cc23)c(C)c1. The Kier molecular flexibility index (Phi) is 7.81. The summed E-state index contributed by atoms with van der Waals surface area (Å²) in [5.74, 6) is 1.32. The van der Waals surface area contributed by atoms with Gasteiger partial charge < -0.3 is 9.47 Å². The number of nitrogens with zero attached hydrogens (tertiary/aromatic N) is 6. The average molecular weight is 481 g/mol. The van der Waals surface area contributed by atoms with Crippen LogP contribution in [0.5, 0.6) is 5.75 Å². The van der Waals surface area contributed by atoms with Crippen molar-refractivity contribution in [3.05, 3.63) is 59.3 Å². The molecule has 1 aromatic carbocycles. The van der Waals surface area contributed by atoms with E-state index in [1.165, 1.54) is 34.1 Å². The van der Waals surface area contributed by atoms with E-state index in [1.807, 2.05) is 32.0 Å². The fourth-order valence-electron chi connectivity index (χ4n) is 3.62. The van der Waals surface area contributed by atoms with Crippen LogP contribution in [0, 0.1) is 6.92 Å². The molecule has 178 valence electrons. The van der Waals surface area contributed by atoms with Crippen molar-refractivity contribution < 1.29 is 14.3 Å². The highest BCUT2D eigenvalue weighted by Gasteiger charge is 2.23. The number of rotatable bonds is 10. The van der Waals surface area contributed by atoms with Crippen molar-refractivity contribution in [2.45, 2.75) is 33.6 Å². The van der Waals surface area contributed by atoms with Gasteiger partial charge in [0, 0.05) is 11.5 Å². The second kappa shape index (κ2) is 11.2. The lowest BCUT2D eigenvalue weighted by molar-refractivity contribution is 0.151. The lowest BCUT2D eigenvalue weighted by Crippen LogP contribution is -2.38. The van der Waals surface area contributed by atoms with Crippen LogP contribution < -0.4 is 9.64 Å². The molecule has 9 nitrogen and oxygen atoms in total. The molecule has 0 aliphatic carbocycles. The van der Waals surface area contributed by atoms with Crippen molar-refractivity contribution in [1.29, 1.82) is 0 Å². The number of benzene rings is 1. The number of amides is 1. The van der Waals surface area contributed by atoms with Crippen LogP contribution in [-0.4, -0.2) is 57.1 Å². The second-order valence-corrected chi connectivity index (χ2v) is 8.77. The summed E-state index contributed by atoms with van der Waals surface area (Å²) in [5.41, 5.74) is 2.24. The molecule has 0 radical (unpaired) electrons. The molecule has 3 aromatic heterocycles. The van der Waals surface area contributed by atoms with Gasteiger partial charge >= 0.3 is 6.03 Å². The van der Waals surface area contributed by atoms with Gasteiger partial charge in [-0.1, -0.05) is 19.1 Å². The Balaban J connectivity index is 1.53. The summed E-state index contributed by atoms with van der Waals surface area (Å²) in [5, 5.41) is 4.85. The molecule has 1 amide bonds. The molecule has 0 aliphatic rings. The molecule has 3 heterocycles. The number of ether oxygens (including phenoxy) is 2. The molecule has 0 fully saturated rings. The molecular formula is C24H28N6O3S. The Morgan fingerprint density at radius 3 is 2.76 bits per heavy atom. The highest BCUT2D eigenvalue weighted by molar-refractivity contribution is 7.18. The summed E-state index contributed by atoms with van der Waals surface area (Å²) in [6.07, 6.45) is 5.95. The van der Waals surface area contributed by atoms with Gasteiger partial charge in [0.1, 0.15) is 42.0 Å². The zero-order valence-corrected chi connectivity index (χ0v) is 20.4. The molecule has 0 N–H and O–H groups in total. The molecule has 10 heteroatoms. The Morgan fingerprint density at radius 2 is 2.03 bits per heavy atom. The summed E-state index contributed by atoms with van der Waals surface area (Å²) in [6.45, 7) is 8.09. The first kappa shape index (κ1) is 23.8. The van der Waals surface area contributed by atoms with Crippen LogP contribution in [0.3, 0.4) is 0 Å². The first-order chi connectivity index (χ1) is 16.6. The van der Waals surface area contributed by atoms with E-state index in [9.17, 15) is 4.79 Å². The third-order valence-corrected chi connectivity index (χ3v) is 6.55. The summed E-state index contributed by atoms with van der Waals surface area (Å²) in [4.78, 5) is 29.6. The van der Waals surface area contributed by atoms with E-state index in [2.05, 4.69) is 33.0 Å². The minimum Gasteiger partial charge on any atom is -0.491 e. The van der Waals surface area contributed by atoms with Crippen molar-refractivity contribution in [1.82, 2.24) is 24.7 Å². The highest BCUT2D eigenvalue weighted by Crippen LogP contribution is 2.31. The average Bonchev–Trinajstić information content (AvgIpc) is 3.53. The molecule has 0 atom stereocenters. The van der Waals surface area contributed by atoms with Gasteiger partial charge in [-0.3, -0.25) is 4.90 Å². The number of hydrogen-bond acceptors (Lipinski definition) is 8. The van der Waals surface area contributed by atoms with Gasteiger partial charge in [-0.15, -0.1) is 11.3 Å². The smallest absolute Gasteiger partial charge is 0.351 e. The van der Waals surface area contributed by atoms with E-state index >= 15 is 0 Å². The van der Waals surface area contributed by atoms with Gasteiger partial charge in [0.2, 0.25) is 0 Å². The highest BCUT2D eigenvalue weighted by atomic mass is 32.1. The van der Waals surface area contributed by atoms with Gasteiger partial charge in [-0.05, 0) is 49.9 Å². The third-order valence-electron chi connectivity index (χ3n) is 5.36. The maximum absolute atomic E-state index is 13.3. The van der Waals surface area contributed by atoms with Gasteiger partial charge in [0.05, 0.1) is 18.5 Å². The predicted octanol–water partition coefficient (Wildman–Crippen LogP) is 4.29. The molecule has 34 heavy (non-hydrogen) atoms. The largest absolute Gasteiger partial charge is 0.491 e. The number of aromatic nitrogens is 5. The monoisotopic (exact) mass is 480 g/mol. The molecule has 4 rings (SSSR count). The minimum absolute atomic E-state index is 0.285. The van der Waals surface area contributed by atoms with E-state index in [1.54, 1.807) is 16.2 Å². The standard InChI is InChI=1S/C24H28N6O3S/c1-4-19-13-20-22(26-15-27-23(20)34-19)29(24(31)30-16-25-14-28-30)9-11-33-21-7-6-18(12-17(21)3)8-10-32-5-2/h6-7,12-16H,4-5,8-11H2,1-3H3. The van der Waals surface area contributed by atoms with Crippen LogP contribution in [0.1, 0.15) is 29.9 Å². The maximum atomic E-state index is 13.3. The van der Waals surface area contributed by atoms with Crippen molar-refractivity contribution >= 4 is 33.4 Å². The van der Waals surface area contributed by atoms with Crippen LogP contribution in [-0.2, 0) is 17.6 Å². The van der Waals surface area contributed by atoms with E-state index in [4.69, 9.17) is 9.47 Å². The minimum atomic E-state index is -0.353. The van der Waals surface area contributed by atoms with Gasteiger partial charge in [-0.25, -0.2) is 19.7 Å². The fraction of sp³-hybridized carbons (Fsp3) is 0.375. The van der Waals surface area contributed by atoms with Crippen LogP contribution in [0.2, 0.25) is 0 Å². The van der Waals surface area contributed by atoms with Crippen molar-refractivity contribution in [2.75, 3.05) is 31.3 Å². The van der Waals surface area contributed by atoms with Crippen LogP contribution in [0.25, 0.3) is 10.2 Å². The van der Waals surface area contributed by atoms with E-state index in [-0.39, 0.29) is 19.2 Å². The topological polar surface area (TPSA) is 95.3 Å². The summed E-state index contributed by atoms with van der Waals surface area (Å²) in [7, 11) is 0. The predicted molar refractivity (Wildman–Crippen MR) is 132 cm³/mol. The van der Waals surface area contributed by atoms with Gasteiger partial charge in [0.15, 0.2) is 0 Å². The van der Waals surface area contributed by atoms with E-state index < -0.39 is 0 Å². The lowest BCUT2D eigenvalue weighted by atomic mass is 10.1. The third kappa shape index (κ3) is 5.40. The Labute approximate surface area is 202 Å². The first-order valence-corrected chi connectivity index (χ1v) is 12.1. The number of carbonyl (C=O) groups excluding carboxylic acids is 1. The van der Waals surface area contributed by atoms with Crippen molar-refractivity contribution in [3.63, 3.8) is 0 Å². The van der Waals surface area contributed by atoms with E-state index in [0.717, 1.165) is 34.4 Å². The van der Waals surface area contributed by atoms with Crippen LogP contribution >= 0.6 is 11.3 Å². The van der Waals surface area contributed by atoms with Crippen LogP contribution in [0.15, 0.2) is 43.2 Å². The molecule has 4 aromatic rings. The number of fused-ring (bicyclic) bond motifs is 1. The molecular weight excluding hydrogens is 452 g/mol. The number of anilines is 1. The maximum Gasteiger partial charge on any atom is 0.351 e. The normalized spacial score (nSPS) is 11.1. The number of hydrogen-bond donors (Lipinski definition) is 0. The second-order valence-electron chi connectivity index (χ2n) is 7.65. The lowest BCUT2D eigenvalue weighted by Gasteiger charge is -2.22. The molecule has 0 saturated carbocycles. The quantitative estimate of drug-likeness (QED) is 0.313. The van der Waals surface area contributed by atoms with Crippen LogP contribution in [0.4, 0.5) is 10.6 Å². The molecule has 0 unspecified atom stereocenters. The van der Waals surface area contributed by atoms with Crippen molar-refractivity contribution in [2.24, 2.45) is 0 Å².